The molecule has 0 aliphatic heterocycles. The predicted octanol–water partition coefficient (Wildman–Crippen LogP) is 3.37. The summed E-state index contributed by atoms with van der Waals surface area (Å²) in [6, 6.07) is 2.78. The smallest absolute Gasteiger partial charge is 0.0489 e. The van der Waals surface area contributed by atoms with E-state index in [2.05, 4.69) is 10.4 Å². The lowest BCUT2D eigenvalue weighted by Crippen LogP contribution is -2.37. The zero-order chi connectivity index (χ0) is 13.0. The summed E-state index contributed by atoms with van der Waals surface area (Å²) < 4.78 is 2.02. The molecule has 3 nitrogen and oxygen atoms in total. The Kier molecular flexibility index (Phi) is 4.21. The van der Waals surface area contributed by atoms with Gasteiger partial charge in [0.2, 0.25) is 0 Å². The normalized spacial score (nSPS) is 23.2. The van der Waals surface area contributed by atoms with Crippen LogP contribution < -0.4 is 5.32 Å². The fourth-order valence-electron chi connectivity index (χ4n) is 4.04. The average Bonchev–Trinajstić information content (AvgIpc) is 3.09. The summed E-state index contributed by atoms with van der Waals surface area (Å²) in [6.45, 7) is 2.17. The van der Waals surface area contributed by atoms with Crippen LogP contribution in [0.2, 0.25) is 0 Å². The lowest BCUT2D eigenvalue weighted by atomic mass is 9.71. The van der Waals surface area contributed by atoms with Gasteiger partial charge in [-0.25, -0.2) is 0 Å². The van der Waals surface area contributed by atoms with E-state index < -0.39 is 0 Å². The second-order valence-electron chi connectivity index (χ2n) is 6.56. The summed E-state index contributed by atoms with van der Waals surface area (Å²) in [7, 11) is 0. The van der Waals surface area contributed by atoms with Gasteiger partial charge in [-0.05, 0) is 63.0 Å². The Balaban J connectivity index is 1.31. The summed E-state index contributed by atoms with van der Waals surface area (Å²) >= 11 is 0. The Labute approximate surface area is 116 Å². The minimum absolute atomic E-state index is 0.771. The van der Waals surface area contributed by atoms with Crippen LogP contribution >= 0.6 is 0 Å². The molecule has 3 heteroatoms. The zero-order valence-electron chi connectivity index (χ0n) is 12.0. The third kappa shape index (κ3) is 3.38. The Morgan fingerprint density at radius 3 is 2.63 bits per heavy atom. The second kappa shape index (κ2) is 6.08. The Morgan fingerprint density at radius 2 is 1.95 bits per heavy atom. The molecule has 0 radical (unpaired) electrons. The molecule has 1 N–H and O–H groups in total. The molecule has 1 spiro atoms. The predicted molar refractivity (Wildman–Crippen MR) is 78.0 cm³/mol. The summed E-state index contributed by atoms with van der Waals surface area (Å²) in [5, 5.41) is 7.99. The minimum atomic E-state index is 0.771. The van der Waals surface area contributed by atoms with Crippen molar-refractivity contribution in [3.8, 4) is 0 Å². The second-order valence-corrected chi connectivity index (χ2v) is 6.56. The van der Waals surface area contributed by atoms with Crippen molar-refractivity contribution in [1.82, 2.24) is 15.1 Å². The van der Waals surface area contributed by atoms with Crippen molar-refractivity contribution < 1.29 is 0 Å². The Morgan fingerprint density at radius 1 is 1.16 bits per heavy atom. The molecule has 2 fully saturated rings. The zero-order valence-corrected chi connectivity index (χ0v) is 12.0. The van der Waals surface area contributed by atoms with Gasteiger partial charge in [-0.15, -0.1) is 0 Å². The largest absolute Gasteiger partial charge is 0.314 e. The van der Waals surface area contributed by atoms with Gasteiger partial charge >= 0.3 is 0 Å². The van der Waals surface area contributed by atoms with Crippen molar-refractivity contribution >= 4 is 0 Å². The molecule has 106 valence electrons. The standard InChI is InChI=1S/C16H27N3/c1-2-8-16(7-1)9-5-15(6-10-16)17-11-3-13-19-14-4-12-18-19/h4,12,14-15,17H,1-3,5-11,13H2. The highest BCUT2D eigenvalue weighted by atomic mass is 15.3. The molecule has 0 atom stereocenters. The number of hydrogen-bond donors (Lipinski definition) is 1. The summed E-state index contributed by atoms with van der Waals surface area (Å²) in [4.78, 5) is 0. The SMILES string of the molecule is c1cnn(CCCNC2CCC3(CCCC3)CC2)c1. The van der Waals surface area contributed by atoms with Gasteiger partial charge < -0.3 is 5.32 Å². The van der Waals surface area contributed by atoms with Gasteiger partial charge in [-0.1, -0.05) is 12.8 Å². The maximum atomic E-state index is 4.24. The van der Waals surface area contributed by atoms with Gasteiger partial charge in [0, 0.05) is 25.0 Å². The summed E-state index contributed by atoms with van der Waals surface area (Å²) in [5.74, 6) is 0. The van der Waals surface area contributed by atoms with E-state index >= 15 is 0 Å². The highest BCUT2D eigenvalue weighted by molar-refractivity contribution is 4.91. The fraction of sp³-hybridized carbons (Fsp3) is 0.812. The number of aryl methyl sites for hydroxylation is 1. The Bertz CT molecular complexity index is 355. The molecule has 3 rings (SSSR count). The Hall–Kier alpha value is -0.830. The van der Waals surface area contributed by atoms with Crippen LogP contribution in [0.1, 0.15) is 57.8 Å². The molecule has 2 aliphatic rings. The lowest BCUT2D eigenvalue weighted by Gasteiger charge is -2.37. The van der Waals surface area contributed by atoms with Crippen LogP contribution in [0, 0.1) is 5.41 Å². The summed E-state index contributed by atoms with van der Waals surface area (Å²) in [5.41, 5.74) is 0.771. The van der Waals surface area contributed by atoms with Gasteiger partial charge in [0.1, 0.15) is 0 Å². The molecular weight excluding hydrogens is 234 g/mol. The molecule has 2 aliphatic carbocycles. The summed E-state index contributed by atoms with van der Waals surface area (Å²) in [6.07, 6.45) is 16.8. The first kappa shape index (κ1) is 13.2. The third-order valence-electron chi connectivity index (χ3n) is 5.27. The highest BCUT2D eigenvalue weighted by Gasteiger charge is 2.37. The van der Waals surface area contributed by atoms with Crippen molar-refractivity contribution in [3.05, 3.63) is 18.5 Å². The molecule has 1 heterocycles. The number of nitrogens with zero attached hydrogens (tertiary/aromatic N) is 2. The highest BCUT2D eigenvalue weighted by Crippen LogP contribution is 2.48. The number of hydrogen-bond acceptors (Lipinski definition) is 2. The van der Waals surface area contributed by atoms with Crippen LogP contribution in [0.3, 0.4) is 0 Å². The molecule has 19 heavy (non-hydrogen) atoms. The van der Waals surface area contributed by atoms with E-state index in [1.165, 1.54) is 57.8 Å². The van der Waals surface area contributed by atoms with Crippen LogP contribution in [-0.2, 0) is 6.54 Å². The van der Waals surface area contributed by atoms with Gasteiger partial charge in [-0.3, -0.25) is 4.68 Å². The first-order valence-electron chi connectivity index (χ1n) is 8.07. The van der Waals surface area contributed by atoms with E-state index in [-0.39, 0.29) is 0 Å². The average molecular weight is 261 g/mol. The van der Waals surface area contributed by atoms with Crippen molar-refractivity contribution in [2.75, 3.05) is 6.54 Å². The van der Waals surface area contributed by atoms with Crippen LogP contribution in [-0.4, -0.2) is 22.4 Å². The fourth-order valence-corrected chi connectivity index (χ4v) is 4.04. The van der Waals surface area contributed by atoms with Crippen LogP contribution in [0.25, 0.3) is 0 Å². The van der Waals surface area contributed by atoms with E-state index in [0.717, 1.165) is 24.5 Å². The van der Waals surface area contributed by atoms with Crippen molar-refractivity contribution in [2.24, 2.45) is 5.41 Å². The topological polar surface area (TPSA) is 29.9 Å². The molecule has 0 amide bonds. The van der Waals surface area contributed by atoms with Crippen molar-refractivity contribution in [2.45, 2.75) is 70.4 Å². The van der Waals surface area contributed by atoms with Crippen molar-refractivity contribution in [1.29, 1.82) is 0 Å². The van der Waals surface area contributed by atoms with Crippen LogP contribution in [0.15, 0.2) is 18.5 Å². The van der Waals surface area contributed by atoms with Crippen molar-refractivity contribution in [3.63, 3.8) is 0 Å². The van der Waals surface area contributed by atoms with Crippen LogP contribution in [0.5, 0.6) is 0 Å². The van der Waals surface area contributed by atoms with Gasteiger partial charge in [0.05, 0.1) is 0 Å². The molecule has 0 bridgehead atoms. The molecule has 0 aromatic carbocycles. The van der Waals surface area contributed by atoms with E-state index in [1.807, 2.05) is 23.1 Å². The molecule has 0 saturated heterocycles. The number of rotatable bonds is 5. The van der Waals surface area contributed by atoms with E-state index in [0.29, 0.717) is 0 Å². The van der Waals surface area contributed by atoms with Crippen LogP contribution in [0.4, 0.5) is 0 Å². The lowest BCUT2D eigenvalue weighted by molar-refractivity contribution is 0.168. The molecule has 2 saturated carbocycles. The maximum Gasteiger partial charge on any atom is 0.0489 e. The third-order valence-corrected chi connectivity index (χ3v) is 5.27. The number of aromatic nitrogens is 2. The molecule has 1 aromatic heterocycles. The molecule has 0 unspecified atom stereocenters. The molecular formula is C16H27N3. The van der Waals surface area contributed by atoms with E-state index in [1.54, 1.807) is 0 Å². The molecule has 1 aromatic rings. The quantitative estimate of drug-likeness (QED) is 0.824. The monoisotopic (exact) mass is 261 g/mol. The first-order valence-corrected chi connectivity index (χ1v) is 8.07. The first-order chi connectivity index (χ1) is 9.36. The number of nitrogens with one attached hydrogen (secondary N) is 1. The minimum Gasteiger partial charge on any atom is -0.314 e. The van der Waals surface area contributed by atoms with E-state index in [4.69, 9.17) is 0 Å². The van der Waals surface area contributed by atoms with Gasteiger partial charge in [0.25, 0.3) is 0 Å². The van der Waals surface area contributed by atoms with Gasteiger partial charge in [-0.2, -0.15) is 5.10 Å². The maximum absolute atomic E-state index is 4.24. The van der Waals surface area contributed by atoms with Gasteiger partial charge in [0.15, 0.2) is 0 Å². The van der Waals surface area contributed by atoms with E-state index in [9.17, 15) is 0 Å².